The summed E-state index contributed by atoms with van der Waals surface area (Å²) < 4.78 is 97.6. The van der Waals surface area contributed by atoms with E-state index in [9.17, 15) is 5.26 Å². The number of halogens is 6. The summed E-state index contributed by atoms with van der Waals surface area (Å²) in [5, 5.41) is 14.3. The molecule has 0 aliphatic heterocycles. The Hall–Kier alpha value is -12.5. The Morgan fingerprint density at radius 3 is 0.802 bits per heavy atom. The van der Waals surface area contributed by atoms with Gasteiger partial charge in [0.2, 0.25) is 0 Å². The Labute approximate surface area is 546 Å². The predicted octanol–water partition coefficient (Wildman–Crippen LogP) is 22.4. The van der Waals surface area contributed by atoms with E-state index in [2.05, 4.69) is 6.07 Å². The van der Waals surface area contributed by atoms with Crippen molar-refractivity contribution in [3.8, 4) is 119 Å². The molecule has 0 aliphatic carbocycles. The van der Waals surface area contributed by atoms with Gasteiger partial charge in [0.1, 0.15) is 0 Å². The number of nitrogens with zero attached hydrogens (tertiary/aromatic N) is 7. The third-order valence-electron chi connectivity index (χ3n) is 17.6. The standard InChI is InChI=1S/C83H49F6N7/c84-82(85,86)65-26-13-27-66(83(87,88)89)81(65)60-49-80(96-77-42-38-57(73-34-16-30-69(93-73)53-22-9-3-10-23-53)46-63(77)64-47-58(39-43-78(64)96)74-35-17-31-70(94-74)54-24-11-4-12-25-54)79(48-59(60)50-90)95-75-40-36-55(71-32-14-28-67(91-71)51-18-5-1-6-19-51)44-61(75)62-45-56(37-41-76(62)95)72-33-15-29-68(92-72)52-20-7-2-8-21-52/h1-49H. The molecule has 0 saturated heterocycles. The number of rotatable bonds is 11. The van der Waals surface area contributed by atoms with Crippen molar-refractivity contribution < 1.29 is 26.3 Å². The van der Waals surface area contributed by atoms with E-state index in [1.165, 1.54) is 12.1 Å². The fraction of sp³-hybridized carbons (Fsp3) is 0.0241. The van der Waals surface area contributed by atoms with E-state index in [0.717, 1.165) is 84.1 Å². The van der Waals surface area contributed by atoms with Crippen molar-refractivity contribution in [2.45, 2.75) is 12.4 Å². The van der Waals surface area contributed by atoms with Gasteiger partial charge in [-0.25, -0.2) is 19.9 Å². The molecule has 0 fully saturated rings. The van der Waals surface area contributed by atoms with E-state index in [1.807, 2.05) is 276 Å². The second-order valence-corrected chi connectivity index (χ2v) is 23.4. The fourth-order valence-corrected chi connectivity index (χ4v) is 13.2. The first kappa shape index (κ1) is 58.5. The highest BCUT2D eigenvalue weighted by Gasteiger charge is 2.42. The molecule has 0 atom stereocenters. The van der Waals surface area contributed by atoms with Crippen LogP contribution in [-0.2, 0) is 12.4 Å². The van der Waals surface area contributed by atoms with Crippen molar-refractivity contribution in [2.24, 2.45) is 0 Å². The molecule has 10 aromatic carbocycles. The average molecular weight is 1260 g/mol. The monoisotopic (exact) mass is 1260 g/mol. The zero-order valence-electron chi connectivity index (χ0n) is 50.7. The van der Waals surface area contributed by atoms with Gasteiger partial charge in [0, 0.05) is 77.2 Å². The molecular formula is C83H49F6N7. The molecule has 96 heavy (non-hydrogen) atoms. The van der Waals surface area contributed by atoms with Crippen LogP contribution in [0.5, 0.6) is 0 Å². The summed E-state index contributed by atoms with van der Waals surface area (Å²) in [6.07, 6.45) is -10.6. The molecular weight excluding hydrogens is 1210 g/mol. The molecule has 6 aromatic heterocycles. The van der Waals surface area contributed by atoms with Crippen molar-refractivity contribution in [1.82, 2.24) is 29.1 Å². The first-order valence-corrected chi connectivity index (χ1v) is 31.0. The summed E-state index contributed by atoms with van der Waals surface area (Å²) in [4.78, 5) is 20.6. The number of nitriles is 1. The zero-order valence-corrected chi connectivity index (χ0v) is 50.7. The SMILES string of the molecule is N#Cc1cc(-n2c3ccc(-c4cccc(-c5ccccc5)n4)cc3c3cc(-c4cccc(-c5ccccc5)n4)ccc32)c(-n2c3ccc(-c4cccc(-c5ccccc5)n4)cc3c3cc(-c4cccc(-c5ccccc5)n4)ccc32)cc1-c1c(C(F)(F)F)cccc1C(F)(F)F. The summed E-state index contributed by atoms with van der Waals surface area (Å²) in [6, 6.07) is 92.9. The van der Waals surface area contributed by atoms with Crippen LogP contribution in [0.2, 0.25) is 0 Å². The lowest BCUT2D eigenvalue weighted by Gasteiger charge is -2.23. The lowest BCUT2D eigenvalue weighted by molar-refractivity contribution is -0.142. The quantitative estimate of drug-likeness (QED) is 0.120. The zero-order chi connectivity index (χ0) is 65.2. The Kier molecular flexibility index (Phi) is 14.4. The molecule has 0 aliphatic rings. The molecule has 7 nitrogen and oxygen atoms in total. The first-order chi connectivity index (χ1) is 46.8. The number of benzene rings is 10. The van der Waals surface area contributed by atoms with Crippen LogP contribution in [0.3, 0.4) is 0 Å². The smallest absolute Gasteiger partial charge is 0.307 e. The maximum atomic E-state index is 15.6. The normalized spacial score (nSPS) is 11.8. The van der Waals surface area contributed by atoms with Crippen LogP contribution < -0.4 is 0 Å². The van der Waals surface area contributed by atoms with Gasteiger partial charge >= 0.3 is 12.4 Å². The summed E-state index contributed by atoms with van der Waals surface area (Å²) >= 11 is 0. The first-order valence-electron chi connectivity index (χ1n) is 31.0. The van der Waals surface area contributed by atoms with E-state index in [4.69, 9.17) is 19.9 Å². The molecule has 0 radical (unpaired) electrons. The van der Waals surface area contributed by atoms with E-state index in [-0.39, 0.29) is 11.4 Å². The molecule has 458 valence electrons. The lowest BCUT2D eigenvalue weighted by Crippen LogP contribution is -2.15. The second-order valence-electron chi connectivity index (χ2n) is 23.4. The Balaban J connectivity index is 1.00. The van der Waals surface area contributed by atoms with Crippen LogP contribution in [0.25, 0.3) is 156 Å². The van der Waals surface area contributed by atoms with Crippen molar-refractivity contribution in [2.75, 3.05) is 0 Å². The van der Waals surface area contributed by atoms with E-state index >= 15 is 26.3 Å². The maximum absolute atomic E-state index is 15.6. The fourth-order valence-electron chi connectivity index (χ4n) is 13.2. The topological polar surface area (TPSA) is 85.2 Å². The average Bonchev–Trinajstić information content (AvgIpc) is 1.55. The van der Waals surface area contributed by atoms with Crippen molar-refractivity contribution in [3.05, 3.63) is 314 Å². The number of pyridine rings is 4. The maximum Gasteiger partial charge on any atom is 0.417 e. The van der Waals surface area contributed by atoms with Gasteiger partial charge in [-0.05, 0) is 121 Å². The van der Waals surface area contributed by atoms with Gasteiger partial charge in [-0.1, -0.05) is 176 Å². The van der Waals surface area contributed by atoms with Crippen LogP contribution in [0.4, 0.5) is 26.3 Å². The number of hydrogen-bond donors (Lipinski definition) is 0. The number of hydrogen-bond acceptors (Lipinski definition) is 5. The van der Waals surface area contributed by atoms with Gasteiger partial charge in [0.05, 0.1) is 102 Å². The molecule has 16 rings (SSSR count). The van der Waals surface area contributed by atoms with Gasteiger partial charge in [-0.3, -0.25) is 0 Å². The molecule has 0 amide bonds. The molecule has 0 unspecified atom stereocenters. The van der Waals surface area contributed by atoms with Crippen LogP contribution in [0, 0.1) is 11.3 Å². The minimum Gasteiger partial charge on any atom is -0.307 e. The molecule has 0 bridgehead atoms. The van der Waals surface area contributed by atoms with Crippen molar-refractivity contribution in [1.29, 1.82) is 5.26 Å². The molecule has 0 spiro atoms. The van der Waals surface area contributed by atoms with Crippen molar-refractivity contribution >= 4 is 43.6 Å². The van der Waals surface area contributed by atoms with E-state index in [1.54, 1.807) is 0 Å². The van der Waals surface area contributed by atoms with Gasteiger partial charge in [0.25, 0.3) is 0 Å². The van der Waals surface area contributed by atoms with E-state index < -0.39 is 40.2 Å². The van der Waals surface area contributed by atoms with Gasteiger partial charge < -0.3 is 9.13 Å². The third-order valence-corrected chi connectivity index (χ3v) is 17.6. The second kappa shape index (κ2) is 23.5. The molecule has 13 heteroatoms. The van der Waals surface area contributed by atoms with E-state index in [0.29, 0.717) is 67.7 Å². The highest BCUT2D eigenvalue weighted by molar-refractivity contribution is 6.14. The minimum absolute atomic E-state index is 0.171. The Bertz CT molecular complexity index is 5440. The number of aromatic nitrogens is 6. The summed E-state index contributed by atoms with van der Waals surface area (Å²) in [5.41, 5.74) is 9.90. The molecule has 0 saturated carbocycles. The lowest BCUT2D eigenvalue weighted by atomic mass is 9.89. The largest absolute Gasteiger partial charge is 0.417 e. The predicted molar refractivity (Wildman–Crippen MR) is 370 cm³/mol. The summed E-state index contributed by atoms with van der Waals surface area (Å²) in [6.45, 7) is 0. The molecule has 16 aromatic rings. The Morgan fingerprint density at radius 1 is 0.271 bits per heavy atom. The third kappa shape index (κ3) is 10.6. The summed E-state index contributed by atoms with van der Waals surface area (Å²) in [5.74, 6) is 0. The van der Waals surface area contributed by atoms with Crippen LogP contribution >= 0.6 is 0 Å². The highest BCUT2D eigenvalue weighted by atomic mass is 19.4. The number of alkyl halides is 6. The van der Waals surface area contributed by atoms with Crippen molar-refractivity contribution in [3.63, 3.8) is 0 Å². The van der Waals surface area contributed by atoms with Gasteiger partial charge in [-0.15, -0.1) is 0 Å². The Morgan fingerprint density at radius 2 is 0.531 bits per heavy atom. The number of fused-ring (bicyclic) bond motifs is 6. The highest BCUT2D eigenvalue weighted by Crippen LogP contribution is 2.49. The molecule has 0 N–H and O–H groups in total. The minimum atomic E-state index is -5.29. The van der Waals surface area contributed by atoms with Crippen LogP contribution in [-0.4, -0.2) is 29.1 Å². The van der Waals surface area contributed by atoms with Gasteiger partial charge in [-0.2, -0.15) is 31.6 Å². The van der Waals surface area contributed by atoms with Gasteiger partial charge in [0.15, 0.2) is 0 Å². The summed E-state index contributed by atoms with van der Waals surface area (Å²) in [7, 11) is 0. The van der Waals surface area contributed by atoms with Crippen LogP contribution in [0.1, 0.15) is 16.7 Å². The van der Waals surface area contributed by atoms with Crippen LogP contribution in [0.15, 0.2) is 297 Å². The molecule has 6 heterocycles.